The normalized spacial score (nSPS) is 12.1. The third kappa shape index (κ3) is 5.07. The summed E-state index contributed by atoms with van der Waals surface area (Å²) in [5.74, 6) is -1.06. The van der Waals surface area contributed by atoms with Gasteiger partial charge in [-0.2, -0.15) is 0 Å². The lowest BCUT2D eigenvalue weighted by atomic mass is 10.2. The number of carbonyl (C=O) groups is 2. The molecule has 144 valence electrons. The molecule has 0 aromatic heterocycles. The van der Waals surface area contributed by atoms with E-state index in [9.17, 15) is 18.0 Å². The standard InChI is InChI=1S/C19H22N2O5S/c1-13-8-10-17(11-9-13)21(27(4,24)25)14(2)18(22)20-16-7-5-6-15(12-16)19(23)26-3/h5-12,14H,1-4H3,(H,20,22). The Morgan fingerprint density at radius 3 is 2.30 bits per heavy atom. The molecule has 8 heteroatoms. The number of benzene rings is 2. The number of hydrogen-bond donors (Lipinski definition) is 1. The van der Waals surface area contributed by atoms with E-state index in [1.54, 1.807) is 42.5 Å². The summed E-state index contributed by atoms with van der Waals surface area (Å²) in [6, 6.07) is 12.1. The van der Waals surface area contributed by atoms with Crippen molar-refractivity contribution in [1.82, 2.24) is 0 Å². The van der Waals surface area contributed by atoms with Crippen molar-refractivity contribution in [2.45, 2.75) is 19.9 Å². The van der Waals surface area contributed by atoms with Gasteiger partial charge in [-0.15, -0.1) is 0 Å². The summed E-state index contributed by atoms with van der Waals surface area (Å²) >= 11 is 0. The number of rotatable bonds is 6. The van der Waals surface area contributed by atoms with Crippen molar-refractivity contribution in [2.24, 2.45) is 0 Å². The van der Waals surface area contributed by atoms with Gasteiger partial charge >= 0.3 is 5.97 Å². The summed E-state index contributed by atoms with van der Waals surface area (Å²) in [5.41, 5.74) is 2.02. The molecule has 7 nitrogen and oxygen atoms in total. The first-order valence-electron chi connectivity index (χ1n) is 8.19. The van der Waals surface area contributed by atoms with Crippen molar-refractivity contribution in [1.29, 1.82) is 0 Å². The molecule has 1 unspecified atom stereocenters. The van der Waals surface area contributed by atoms with Gasteiger partial charge in [0.05, 0.1) is 24.6 Å². The lowest BCUT2D eigenvalue weighted by molar-refractivity contribution is -0.116. The van der Waals surface area contributed by atoms with E-state index in [0.717, 1.165) is 16.1 Å². The molecule has 0 aliphatic carbocycles. The Morgan fingerprint density at radius 2 is 1.74 bits per heavy atom. The fourth-order valence-corrected chi connectivity index (χ4v) is 3.76. The van der Waals surface area contributed by atoms with Gasteiger partial charge in [-0.3, -0.25) is 9.10 Å². The average molecular weight is 390 g/mol. The number of aryl methyl sites for hydroxylation is 1. The molecule has 0 aliphatic rings. The largest absolute Gasteiger partial charge is 0.465 e. The molecule has 0 bridgehead atoms. The molecule has 0 heterocycles. The number of carbonyl (C=O) groups excluding carboxylic acids is 2. The second-order valence-corrected chi connectivity index (χ2v) is 7.99. The molecule has 1 amide bonds. The summed E-state index contributed by atoms with van der Waals surface area (Å²) in [6.07, 6.45) is 1.05. The second kappa shape index (κ2) is 8.22. The summed E-state index contributed by atoms with van der Waals surface area (Å²) < 4.78 is 30.3. The molecular weight excluding hydrogens is 368 g/mol. The minimum absolute atomic E-state index is 0.279. The molecule has 1 N–H and O–H groups in total. The van der Waals surface area contributed by atoms with Gasteiger partial charge in [0.1, 0.15) is 6.04 Å². The first kappa shape index (κ1) is 20.4. The fraction of sp³-hybridized carbons (Fsp3) is 0.263. The zero-order valence-corrected chi connectivity index (χ0v) is 16.4. The van der Waals surface area contributed by atoms with Crippen LogP contribution in [0.2, 0.25) is 0 Å². The van der Waals surface area contributed by atoms with Crippen LogP contribution in [-0.2, 0) is 19.6 Å². The lowest BCUT2D eigenvalue weighted by Crippen LogP contribution is -2.45. The number of amides is 1. The molecule has 2 rings (SSSR count). The molecular formula is C19H22N2O5S. The van der Waals surface area contributed by atoms with Crippen molar-refractivity contribution in [3.8, 4) is 0 Å². The van der Waals surface area contributed by atoms with Crippen LogP contribution < -0.4 is 9.62 Å². The van der Waals surface area contributed by atoms with Crippen LogP contribution in [0.5, 0.6) is 0 Å². The zero-order chi connectivity index (χ0) is 20.2. The van der Waals surface area contributed by atoms with Gasteiger partial charge in [-0.25, -0.2) is 13.2 Å². The van der Waals surface area contributed by atoms with E-state index in [-0.39, 0.29) is 5.56 Å². The summed E-state index contributed by atoms with van der Waals surface area (Å²) in [4.78, 5) is 24.3. The minimum Gasteiger partial charge on any atom is -0.465 e. The third-order valence-electron chi connectivity index (χ3n) is 3.93. The topological polar surface area (TPSA) is 92.8 Å². The van der Waals surface area contributed by atoms with Gasteiger partial charge in [-0.1, -0.05) is 23.8 Å². The smallest absolute Gasteiger partial charge is 0.337 e. The first-order valence-corrected chi connectivity index (χ1v) is 10.0. The highest BCUT2D eigenvalue weighted by Gasteiger charge is 2.29. The van der Waals surface area contributed by atoms with Crippen molar-refractivity contribution < 1.29 is 22.7 Å². The highest BCUT2D eigenvalue weighted by Crippen LogP contribution is 2.22. The molecule has 0 saturated heterocycles. The summed E-state index contributed by atoms with van der Waals surface area (Å²) in [6.45, 7) is 3.39. The number of anilines is 2. The molecule has 27 heavy (non-hydrogen) atoms. The van der Waals surface area contributed by atoms with Crippen LogP contribution in [-0.4, -0.2) is 39.7 Å². The zero-order valence-electron chi connectivity index (χ0n) is 15.6. The molecule has 0 spiro atoms. The van der Waals surface area contributed by atoms with Gasteiger partial charge in [0.15, 0.2) is 0 Å². The maximum absolute atomic E-state index is 12.7. The van der Waals surface area contributed by atoms with Crippen molar-refractivity contribution >= 4 is 33.3 Å². The monoisotopic (exact) mass is 390 g/mol. The average Bonchev–Trinajstić information content (AvgIpc) is 2.61. The third-order valence-corrected chi connectivity index (χ3v) is 5.17. The minimum atomic E-state index is -3.69. The van der Waals surface area contributed by atoms with E-state index in [0.29, 0.717) is 11.4 Å². The Balaban J connectivity index is 2.28. The lowest BCUT2D eigenvalue weighted by Gasteiger charge is -2.28. The van der Waals surface area contributed by atoms with E-state index < -0.39 is 27.9 Å². The highest BCUT2D eigenvalue weighted by molar-refractivity contribution is 7.92. The van der Waals surface area contributed by atoms with Gasteiger partial charge < -0.3 is 10.1 Å². The van der Waals surface area contributed by atoms with E-state index in [2.05, 4.69) is 10.1 Å². The van der Waals surface area contributed by atoms with Gasteiger partial charge in [0, 0.05) is 5.69 Å². The Bertz CT molecular complexity index is 939. The van der Waals surface area contributed by atoms with Crippen molar-refractivity contribution in [2.75, 3.05) is 23.0 Å². The van der Waals surface area contributed by atoms with Crippen LogP contribution in [0.25, 0.3) is 0 Å². The molecule has 0 saturated carbocycles. The van der Waals surface area contributed by atoms with Crippen LogP contribution in [0.4, 0.5) is 11.4 Å². The first-order chi connectivity index (χ1) is 12.6. The number of sulfonamides is 1. The predicted octanol–water partition coefficient (Wildman–Crippen LogP) is 2.57. The van der Waals surface area contributed by atoms with Gasteiger partial charge in [-0.05, 0) is 44.2 Å². The Morgan fingerprint density at radius 1 is 1.11 bits per heavy atom. The Hall–Kier alpha value is -2.87. The quantitative estimate of drug-likeness (QED) is 0.765. The van der Waals surface area contributed by atoms with Gasteiger partial charge in [0.2, 0.25) is 15.9 Å². The molecule has 0 radical (unpaired) electrons. The van der Waals surface area contributed by atoms with Crippen LogP contribution in [0.3, 0.4) is 0 Å². The number of nitrogens with zero attached hydrogens (tertiary/aromatic N) is 1. The van der Waals surface area contributed by atoms with Crippen molar-refractivity contribution in [3.63, 3.8) is 0 Å². The van der Waals surface area contributed by atoms with Gasteiger partial charge in [0.25, 0.3) is 0 Å². The fourth-order valence-electron chi connectivity index (χ4n) is 2.59. The number of esters is 1. The highest BCUT2D eigenvalue weighted by atomic mass is 32.2. The summed E-state index contributed by atoms with van der Waals surface area (Å²) in [5, 5.41) is 2.64. The molecule has 0 fully saturated rings. The molecule has 0 aliphatic heterocycles. The van der Waals surface area contributed by atoms with Crippen LogP contribution in [0, 0.1) is 6.92 Å². The predicted molar refractivity (Wildman–Crippen MR) is 104 cm³/mol. The van der Waals surface area contributed by atoms with E-state index in [4.69, 9.17) is 0 Å². The van der Waals surface area contributed by atoms with E-state index in [1.807, 2.05) is 6.92 Å². The Kier molecular flexibility index (Phi) is 6.22. The number of ether oxygens (including phenoxy) is 1. The molecule has 2 aromatic rings. The maximum Gasteiger partial charge on any atom is 0.337 e. The number of methoxy groups -OCH3 is 1. The van der Waals surface area contributed by atoms with Crippen LogP contribution in [0.1, 0.15) is 22.8 Å². The Labute approximate surface area is 159 Å². The molecule has 2 aromatic carbocycles. The number of hydrogen-bond acceptors (Lipinski definition) is 5. The second-order valence-electron chi connectivity index (χ2n) is 6.13. The van der Waals surface area contributed by atoms with E-state index >= 15 is 0 Å². The van der Waals surface area contributed by atoms with E-state index in [1.165, 1.54) is 20.1 Å². The molecule has 1 atom stereocenters. The van der Waals surface area contributed by atoms with Crippen molar-refractivity contribution in [3.05, 3.63) is 59.7 Å². The summed E-state index contributed by atoms with van der Waals surface area (Å²) in [7, 11) is -2.43. The number of nitrogens with one attached hydrogen (secondary N) is 1. The van der Waals surface area contributed by atoms with Crippen LogP contribution >= 0.6 is 0 Å². The van der Waals surface area contributed by atoms with Crippen LogP contribution in [0.15, 0.2) is 48.5 Å². The maximum atomic E-state index is 12.7. The SMILES string of the molecule is COC(=O)c1cccc(NC(=O)C(C)N(c2ccc(C)cc2)S(C)(=O)=O)c1.